The number of carbonyl (C=O) groups is 2. The van der Waals surface area contributed by atoms with E-state index in [2.05, 4.69) is 20.7 Å². The molecule has 140 valence electrons. The first-order chi connectivity index (χ1) is 13.0. The molecular weight excluding hydrogens is 342 g/mol. The summed E-state index contributed by atoms with van der Waals surface area (Å²) in [6.45, 7) is 4.02. The van der Waals surface area contributed by atoms with Gasteiger partial charge in [0.2, 0.25) is 11.8 Å². The van der Waals surface area contributed by atoms with Crippen LogP contribution in [-0.2, 0) is 22.4 Å². The molecule has 2 aromatic heterocycles. The number of amides is 2. The summed E-state index contributed by atoms with van der Waals surface area (Å²) in [5, 5.41) is 10.0. The zero-order valence-corrected chi connectivity index (χ0v) is 15.5. The van der Waals surface area contributed by atoms with E-state index in [-0.39, 0.29) is 11.8 Å². The van der Waals surface area contributed by atoms with Crippen molar-refractivity contribution in [3.63, 3.8) is 0 Å². The van der Waals surface area contributed by atoms with E-state index < -0.39 is 0 Å². The molecule has 0 atom stereocenters. The number of hydrogen-bond acceptors (Lipinski definition) is 4. The van der Waals surface area contributed by atoms with Crippen molar-refractivity contribution < 1.29 is 9.59 Å². The van der Waals surface area contributed by atoms with Gasteiger partial charge in [0.1, 0.15) is 0 Å². The van der Waals surface area contributed by atoms with E-state index in [0.29, 0.717) is 13.0 Å². The van der Waals surface area contributed by atoms with E-state index in [1.807, 2.05) is 37.5 Å². The Morgan fingerprint density at radius 2 is 1.93 bits per heavy atom. The first kappa shape index (κ1) is 18.6. The van der Waals surface area contributed by atoms with Crippen molar-refractivity contribution in [3.05, 3.63) is 59.5 Å². The third-order valence-electron chi connectivity index (χ3n) is 4.09. The van der Waals surface area contributed by atoms with Gasteiger partial charge >= 0.3 is 0 Å². The van der Waals surface area contributed by atoms with Crippen molar-refractivity contribution in [2.24, 2.45) is 0 Å². The molecule has 27 heavy (non-hydrogen) atoms. The molecule has 0 saturated heterocycles. The van der Waals surface area contributed by atoms with Crippen LogP contribution in [0.25, 0.3) is 5.65 Å². The molecule has 0 aliphatic heterocycles. The lowest BCUT2D eigenvalue weighted by Gasteiger charge is -2.07. The predicted octanol–water partition coefficient (Wildman–Crippen LogP) is 2.29. The van der Waals surface area contributed by atoms with Crippen molar-refractivity contribution in [2.75, 3.05) is 11.9 Å². The first-order valence-electron chi connectivity index (χ1n) is 8.94. The SMILES string of the molecule is CC(=O)Nc1ccc(CC(=O)NCCCc2cnc3cc(C)nn3c2)cc1. The minimum Gasteiger partial charge on any atom is -0.356 e. The summed E-state index contributed by atoms with van der Waals surface area (Å²) in [6, 6.07) is 9.22. The van der Waals surface area contributed by atoms with Gasteiger partial charge in [0, 0.05) is 37.6 Å². The highest BCUT2D eigenvalue weighted by Crippen LogP contribution is 2.10. The summed E-state index contributed by atoms with van der Waals surface area (Å²) in [5.41, 5.74) is 4.51. The van der Waals surface area contributed by atoms with E-state index in [1.54, 1.807) is 16.6 Å². The zero-order valence-electron chi connectivity index (χ0n) is 15.5. The summed E-state index contributed by atoms with van der Waals surface area (Å²) in [4.78, 5) is 27.4. The van der Waals surface area contributed by atoms with Crippen LogP contribution in [0, 0.1) is 6.92 Å². The minimum atomic E-state index is -0.113. The number of nitrogens with one attached hydrogen (secondary N) is 2. The Bertz CT molecular complexity index is 947. The minimum absolute atomic E-state index is 0.0152. The number of hydrogen-bond donors (Lipinski definition) is 2. The maximum absolute atomic E-state index is 12.1. The Kier molecular flexibility index (Phi) is 5.80. The molecule has 2 heterocycles. The molecule has 1 aromatic carbocycles. The van der Waals surface area contributed by atoms with Gasteiger partial charge in [-0.2, -0.15) is 5.10 Å². The molecule has 3 aromatic rings. The lowest BCUT2D eigenvalue weighted by atomic mass is 10.1. The quantitative estimate of drug-likeness (QED) is 0.629. The van der Waals surface area contributed by atoms with Crippen LogP contribution in [0.5, 0.6) is 0 Å². The maximum Gasteiger partial charge on any atom is 0.224 e. The van der Waals surface area contributed by atoms with Gasteiger partial charge in [-0.3, -0.25) is 9.59 Å². The number of aromatic nitrogens is 3. The van der Waals surface area contributed by atoms with Crippen molar-refractivity contribution in [3.8, 4) is 0 Å². The maximum atomic E-state index is 12.1. The summed E-state index contributed by atoms with van der Waals surface area (Å²) in [5.74, 6) is -0.129. The number of rotatable bonds is 7. The van der Waals surface area contributed by atoms with Crippen LogP contribution in [0.4, 0.5) is 5.69 Å². The van der Waals surface area contributed by atoms with E-state index >= 15 is 0 Å². The van der Waals surface area contributed by atoms with Gasteiger partial charge in [-0.1, -0.05) is 12.1 Å². The van der Waals surface area contributed by atoms with E-state index in [9.17, 15) is 9.59 Å². The largest absolute Gasteiger partial charge is 0.356 e. The number of nitrogens with zero attached hydrogens (tertiary/aromatic N) is 3. The third-order valence-corrected chi connectivity index (χ3v) is 4.09. The predicted molar refractivity (Wildman–Crippen MR) is 104 cm³/mol. The van der Waals surface area contributed by atoms with Gasteiger partial charge in [-0.05, 0) is 43.0 Å². The van der Waals surface area contributed by atoms with Crippen LogP contribution in [0.2, 0.25) is 0 Å². The number of fused-ring (bicyclic) bond motifs is 1. The molecule has 0 unspecified atom stereocenters. The molecule has 0 aliphatic rings. The smallest absolute Gasteiger partial charge is 0.224 e. The molecular formula is C20H23N5O2. The molecule has 0 spiro atoms. The molecule has 2 N–H and O–H groups in total. The van der Waals surface area contributed by atoms with E-state index in [1.165, 1.54) is 6.92 Å². The van der Waals surface area contributed by atoms with Crippen LogP contribution < -0.4 is 10.6 Å². The molecule has 0 radical (unpaired) electrons. The molecule has 0 bridgehead atoms. The van der Waals surface area contributed by atoms with Crippen LogP contribution in [0.1, 0.15) is 30.2 Å². The van der Waals surface area contributed by atoms with Gasteiger partial charge in [0.15, 0.2) is 5.65 Å². The average molecular weight is 365 g/mol. The summed E-state index contributed by atoms with van der Waals surface area (Å²) in [7, 11) is 0. The second-order valence-corrected chi connectivity index (χ2v) is 6.56. The standard InChI is InChI=1S/C20H23N5O2/c1-14-10-19-22-12-17(13-25(19)24-14)4-3-9-21-20(27)11-16-5-7-18(8-6-16)23-15(2)26/h5-8,10,12-13H,3-4,9,11H2,1-2H3,(H,21,27)(H,23,26). The molecule has 0 fully saturated rings. The molecule has 2 amide bonds. The molecule has 0 saturated carbocycles. The molecule has 0 aliphatic carbocycles. The van der Waals surface area contributed by atoms with Crippen molar-refractivity contribution in [1.29, 1.82) is 0 Å². The second kappa shape index (κ2) is 8.44. The fraction of sp³-hybridized carbons (Fsp3) is 0.300. The van der Waals surface area contributed by atoms with Crippen LogP contribution in [-0.4, -0.2) is 33.0 Å². The van der Waals surface area contributed by atoms with Gasteiger partial charge in [-0.25, -0.2) is 9.50 Å². The Morgan fingerprint density at radius 3 is 2.67 bits per heavy atom. The van der Waals surface area contributed by atoms with Crippen molar-refractivity contribution >= 4 is 23.1 Å². The summed E-state index contributed by atoms with van der Waals surface area (Å²) in [6.07, 6.45) is 5.82. The van der Waals surface area contributed by atoms with Crippen molar-refractivity contribution in [1.82, 2.24) is 19.9 Å². The van der Waals surface area contributed by atoms with Gasteiger partial charge in [0.25, 0.3) is 0 Å². The van der Waals surface area contributed by atoms with Crippen LogP contribution >= 0.6 is 0 Å². The summed E-state index contributed by atoms with van der Waals surface area (Å²) >= 11 is 0. The lowest BCUT2D eigenvalue weighted by Crippen LogP contribution is -2.26. The first-order valence-corrected chi connectivity index (χ1v) is 8.94. The molecule has 7 nitrogen and oxygen atoms in total. The average Bonchev–Trinajstić information content (AvgIpc) is 2.99. The Morgan fingerprint density at radius 1 is 1.15 bits per heavy atom. The zero-order chi connectivity index (χ0) is 19.2. The topological polar surface area (TPSA) is 88.4 Å². The van der Waals surface area contributed by atoms with E-state index in [0.717, 1.165) is 41.0 Å². The van der Waals surface area contributed by atoms with Crippen LogP contribution in [0.3, 0.4) is 0 Å². The highest BCUT2D eigenvalue weighted by molar-refractivity contribution is 5.88. The highest BCUT2D eigenvalue weighted by atomic mass is 16.2. The Labute approximate surface area is 157 Å². The molecule has 7 heteroatoms. The Hall–Kier alpha value is -3.22. The van der Waals surface area contributed by atoms with Crippen LogP contribution in [0.15, 0.2) is 42.7 Å². The number of benzene rings is 1. The Balaban J connectivity index is 1.41. The fourth-order valence-electron chi connectivity index (χ4n) is 2.84. The van der Waals surface area contributed by atoms with Crippen molar-refractivity contribution in [2.45, 2.75) is 33.1 Å². The second-order valence-electron chi connectivity index (χ2n) is 6.56. The van der Waals surface area contributed by atoms with Gasteiger partial charge in [-0.15, -0.1) is 0 Å². The van der Waals surface area contributed by atoms with Gasteiger partial charge < -0.3 is 10.6 Å². The third kappa shape index (κ3) is 5.37. The molecule has 3 rings (SSSR count). The number of carbonyl (C=O) groups excluding carboxylic acids is 2. The van der Waals surface area contributed by atoms with E-state index in [4.69, 9.17) is 0 Å². The highest BCUT2D eigenvalue weighted by Gasteiger charge is 2.05. The monoisotopic (exact) mass is 365 g/mol. The normalized spacial score (nSPS) is 10.7. The summed E-state index contributed by atoms with van der Waals surface area (Å²) < 4.78 is 1.79. The number of anilines is 1. The lowest BCUT2D eigenvalue weighted by molar-refractivity contribution is -0.120. The van der Waals surface area contributed by atoms with Gasteiger partial charge in [0.05, 0.1) is 12.1 Å². The fourth-order valence-corrected chi connectivity index (χ4v) is 2.84. The number of aryl methyl sites for hydroxylation is 2.